The van der Waals surface area contributed by atoms with Crippen LogP contribution < -0.4 is 5.32 Å². The molecule has 1 aliphatic heterocycles. The molecule has 1 saturated carbocycles. The van der Waals surface area contributed by atoms with Crippen LogP contribution in [0.2, 0.25) is 0 Å². The molecule has 8 nitrogen and oxygen atoms in total. The van der Waals surface area contributed by atoms with Crippen molar-refractivity contribution in [3.63, 3.8) is 0 Å². The van der Waals surface area contributed by atoms with E-state index in [0.717, 1.165) is 19.3 Å². The third kappa shape index (κ3) is 4.24. The van der Waals surface area contributed by atoms with Crippen molar-refractivity contribution in [2.45, 2.75) is 57.0 Å². The van der Waals surface area contributed by atoms with Crippen molar-refractivity contribution in [3.05, 3.63) is 11.7 Å². The van der Waals surface area contributed by atoms with Crippen LogP contribution in [0.4, 0.5) is 0 Å². The molecule has 2 fully saturated rings. The number of Topliss-reactive ketones (excluding diaryl/α,β-unsaturated/α-hetero) is 1. The Labute approximate surface area is 147 Å². The lowest BCUT2D eigenvalue weighted by Gasteiger charge is -2.28. The lowest BCUT2D eigenvalue weighted by molar-refractivity contribution is -0.130. The summed E-state index contributed by atoms with van der Waals surface area (Å²) in [4.78, 5) is 31.1. The van der Waals surface area contributed by atoms with Gasteiger partial charge >= 0.3 is 0 Å². The second-order valence-electron chi connectivity index (χ2n) is 7.51. The normalized spacial score (nSPS) is 20.9. The third-order valence-corrected chi connectivity index (χ3v) is 4.69. The Bertz CT molecular complexity index is 638. The summed E-state index contributed by atoms with van der Waals surface area (Å²) >= 11 is 0. The molecule has 25 heavy (non-hydrogen) atoms. The van der Waals surface area contributed by atoms with E-state index in [1.165, 1.54) is 0 Å². The van der Waals surface area contributed by atoms with E-state index in [9.17, 15) is 9.59 Å². The SMILES string of the molecule is COCC(C)(C)NCC(=O)N1CCCC1C(=O)c1noc(C2CC2)n1. The number of likely N-dealkylation sites (tertiary alicyclic amines) is 1. The first-order valence-electron chi connectivity index (χ1n) is 8.82. The monoisotopic (exact) mass is 350 g/mol. The molecule has 1 atom stereocenters. The lowest BCUT2D eigenvalue weighted by atomic mass is 10.1. The molecular formula is C17H26N4O4. The van der Waals surface area contributed by atoms with E-state index >= 15 is 0 Å². The van der Waals surface area contributed by atoms with Crippen molar-refractivity contribution in [2.75, 3.05) is 26.8 Å². The predicted molar refractivity (Wildman–Crippen MR) is 89.3 cm³/mol. The van der Waals surface area contributed by atoms with Crippen molar-refractivity contribution in [1.82, 2.24) is 20.4 Å². The Morgan fingerprint density at radius 2 is 2.12 bits per heavy atom. The van der Waals surface area contributed by atoms with Crippen LogP contribution in [-0.2, 0) is 9.53 Å². The topological polar surface area (TPSA) is 97.6 Å². The second-order valence-corrected chi connectivity index (χ2v) is 7.51. The fraction of sp³-hybridized carbons (Fsp3) is 0.765. The van der Waals surface area contributed by atoms with Crippen molar-refractivity contribution in [2.24, 2.45) is 0 Å². The van der Waals surface area contributed by atoms with Crippen molar-refractivity contribution in [3.8, 4) is 0 Å². The van der Waals surface area contributed by atoms with Crippen LogP contribution in [0, 0.1) is 0 Å². The first-order valence-corrected chi connectivity index (χ1v) is 8.82. The number of aromatic nitrogens is 2. The average molecular weight is 350 g/mol. The number of hydrogen-bond donors (Lipinski definition) is 1. The fourth-order valence-corrected chi connectivity index (χ4v) is 3.15. The van der Waals surface area contributed by atoms with Gasteiger partial charge in [-0.3, -0.25) is 9.59 Å². The maximum Gasteiger partial charge on any atom is 0.240 e. The van der Waals surface area contributed by atoms with E-state index in [2.05, 4.69) is 15.5 Å². The number of ether oxygens (including phenoxy) is 1. The van der Waals surface area contributed by atoms with E-state index in [-0.39, 0.29) is 29.6 Å². The van der Waals surface area contributed by atoms with Gasteiger partial charge in [-0.1, -0.05) is 5.16 Å². The lowest BCUT2D eigenvalue weighted by Crippen LogP contribution is -2.50. The summed E-state index contributed by atoms with van der Waals surface area (Å²) in [6.45, 7) is 5.17. The zero-order valence-corrected chi connectivity index (χ0v) is 15.1. The number of nitrogens with zero attached hydrogens (tertiary/aromatic N) is 3. The third-order valence-electron chi connectivity index (χ3n) is 4.69. The molecule has 138 valence electrons. The van der Waals surface area contributed by atoms with Crippen LogP contribution in [0.15, 0.2) is 4.52 Å². The average Bonchev–Trinajstić information content (AvgIpc) is 3.12. The van der Waals surface area contributed by atoms with Gasteiger partial charge in [0.25, 0.3) is 0 Å². The molecule has 0 bridgehead atoms. The first kappa shape index (κ1) is 18.0. The standard InChI is InChI=1S/C17H26N4O4/c1-17(2,10-24-3)18-9-13(22)21-8-4-5-12(21)14(23)15-19-16(25-20-15)11-6-7-11/h11-12,18H,4-10H2,1-3H3. The maximum absolute atomic E-state index is 12.7. The van der Waals surface area contributed by atoms with Crippen molar-refractivity contribution in [1.29, 1.82) is 0 Å². The van der Waals surface area contributed by atoms with E-state index in [4.69, 9.17) is 9.26 Å². The molecule has 1 aromatic rings. The van der Waals surface area contributed by atoms with Gasteiger partial charge in [0, 0.05) is 25.1 Å². The van der Waals surface area contributed by atoms with E-state index in [1.807, 2.05) is 13.8 Å². The number of carbonyl (C=O) groups excluding carboxylic acids is 2. The molecule has 8 heteroatoms. The van der Waals surface area contributed by atoms with Gasteiger partial charge in [0.2, 0.25) is 23.4 Å². The maximum atomic E-state index is 12.7. The minimum Gasteiger partial charge on any atom is -0.383 e. The second kappa shape index (κ2) is 7.21. The van der Waals surface area contributed by atoms with Gasteiger partial charge < -0.3 is 19.5 Å². The summed E-state index contributed by atoms with van der Waals surface area (Å²) in [6.07, 6.45) is 3.51. The molecule has 2 aliphatic rings. The molecule has 1 aliphatic carbocycles. The molecule has 0 spiro atoms. The van der Waals surface area contributed by atoms with Crippen LogP contribution in [0.3, 0.4) is 0 Å². The van der Waals surface area contributed by atoms with Gasteiger partial charge in [-0.05, 0) is 39.5 Å². The molecule has 0 aromatic carbocycles. The van der Waals surface area contributed by atoms with Crippen molar-refractivity contribution >= 4 is 11.7 Å². The first-order chi connectivity index (χ1) is 11.9. The number of carbonyl (C=O) groups is 2. The number of nitrogens with one attached hydrogen (secondary N) is 1. The summed E-state index contributed by atoms with van der Waals surface area (Å²) in [5.74, 6) is 0.632. The molecule has 1 unspecified atom stereocenters. The predicted octanol–water partition coefficient (Wildman–Crippen LogP) is 1.14. The Morgan fingerprint density at radius 3 is 2.80 bits per heavy atom. The van der Waals surface area contributed by atoms with Gasteiger partial charge in [0.1, 0.15) is 0 Å². The molecule has 3 rings (SSSR count). The summed E-state index contributed by atoms with van der Waals surface area (Å²) in [5, 5.41) is 7.01. The van der Waals surface area contributed by atoms with Gasteiger partial charge in [-0.15, -0.1) is 0 Å². The van der Waals surface area contributed by atoms with Gasteiger partial charge in [-0.2, -0.15) is 4.98 Å². The number of amides is 1. The Kier molecular flexibility index (Phi) is 5.19. The van der Waals surface area contributed by atoms with Crippen LogP contribution in [0.5, 0.6) is 0 Å². The summed E-state index contributed by atoms with van der Waals surface area (Å²) in [5.41, 5.74) is -0.309. The molecule has 1 aromatic heterocycles. The van der Waals surface area contributed by atoms with Gasteiger partial charge in [0.15, 0.2) is 0 Å². The van der Waals surface area contributed by atoms with Crippen LogP contribution in [0.25, 0.3) is 0 Å². The molecule has 1 amide bonds. The van der Waals surface area contributed by atoms with Crippen molar-refractivity contribution < 1.29 is 18.8 Å². The highest BCUT2D eigenvalue weighted by Crippen LogP contribution is 2.39. The van der Waals surface area contributed by atoms with E-state index < -0.39 is 6.04 Å². The Hall–Kier alpha value is -1.80. The highest BCUT2D eigenvalue weighted by molar-refractivity contribution is 5.99. The molecular weight excluding hydrogens is 324 g/mol. The number of rotatable bonds is 8. The summed E-state index contributed by atoms with van der Waals surface area (Å²) in [6, 6.07) is -0.496. The zero-order chi connectivity index (χ0) is 18.0. The number of ketones is 1. The minimum absolute atomic E-state index is 0.0917. The van der Waals surface area contributed by atoms with Gasteiger partial charge in [0.05, 0.1) is 19.2 Å². The zero-order valence-electron chi connectivity index (χ0n) is 15.1. The Morgan fingerprint density at radius 1 is 1.36 bits per heavy atom. The van der Waals surface area contributed by atoms with Gasteiger partial charge in [-0.25, -0.2) is 0 Å². The highest BCUT2D eigenvalue weighted by Gasteiger charge is 2.38. The molecule has 2 heterocycles. The highest BCUT2D eigenvalue weighted by atomic mass is 16.5. The van der Waals surface area contributed by atoms with Crippen LogP contribution in [0.1, 0.15) is 62.0 Å². The molecule has 1 saturated heterocycles. The summed E-state index contributed by atoms with van der Waals surface area (Å²) in [7, 11) is 1.63. The number of methoxy groups -OCH3 is 1. The fourth-order valence-electron chi connectivity index (χ4n) is 3.15. The van der Waals surface area contributed by atoms with Crippen LogP contribution >= 0.6 is 0 Å². The van der Waals surface area contributed by atoms with Crippen LogP contribution in [-0.4, -0.2) is 65.1 Å². The summed E-state index contributed by atoms with van der Waals surface area (Å²) < 4.78 is 10.3. The van der Waals surface area contributed by atoms with E-state index in [1.54, 1.807) is 12.0 Å². The largest absolute Gasteiger partial charge is 0.383 e. The molecule has 1 N–H and O–H groups in total. The Balaban J connectivity index is 1.60. The minimum atomic E-state index is -0.496. The van der Waals surface area contributed by atoms with E-state index in [0.29, 0.717) is 31.4 Å². The smallest absolute Gasteiger partial charge is 0.240 e. The molecule has 0 radical (unpaired) electrons. The number of hydrogen-bond acceptors (Lipinski definition) is 7. The quantitative estimate of drug-likeness (QED) is 0.702.